The zero-order valence-corrected chi connectivity index (χ0v) is 15.2. The van der Waals surface area contributed by atoms with Crippen molar-refractivity contribution >= 4 is 17.5 Å². The molecule has 0 saturated carbocycles. The number of anilines is 3. The van der Waals surface area contributed by atoms with Crippen LogP contribution in [0.2, 0.25) is 0 Å². The fourth-order valence-electron chi connectivity index (χ4n) is 3.16. The highest BCUT2D eigenvalue weighted by atomic mass is 16.5. The maximum absolute atomic E-state index is 5.48. The molecule has 0 amide bonds. The molecule has 2 heterocycles. The molecule has 25 heavy (non-hydrogen) atoms. The number of piperazine rings is 1. The smallest absolute Gasteiger partial charge is 0.247 e. The van der Waals surface area contributed by atoms with Crippen LogP contribution in [-0.4, -0.2) is 61.6 Å². The Morgan fingerprint density at radius 1 is 1.04 bits per heavy atom. The number of ether oxygens (including phenoxy) is 1. The van der Waals surface area contributed by atoms with Crippen LogP contribution in [0.5, 0.6) is 5.75 Å². The third kappa shape index (κ3) is 3.75. The maximum Gasteiger partial charge on any atom is 0.247 e. The van der Waals surface area contributed by atoms with Crippen LogP contribution >= 0.6 is 0 Å². The number of hydrogen-bond donors (Lipinski definition) is 0. The van der Waals surface area contributed by atoms with E-state index in [0.717, 1.165) is 56.5 Å². The third-order valence-corrected chi connectivity index (χ3v) is 4.61. The summed E-state index contributed by atoms with van der Waals surface area (Å²) >= 11 is 0. The number of benzene rings is 1. The van der Waals surface area contributed by atoms with Crippen LogP contribution in [0, 0.1) is 0 Å². The van der Waals surface area contributed by atoms with Crippen molar-refractivity contribution in [2.45, 2.75) is 13.8 Å². The highest BCUT2D eigenvalue weighted by Gasteiger charge is 2.22. The zero-order chi connectivity index (χ0) is 17.6. The van der Waals surface area contributed by atoms with E-state index >= 15 is 0 Å². The normalized spacial score (nSPS) is 14.5. The van der Waals surface area contributed by atoms with Crippen molar-refractivity contribution in [3.63, 3.8) is 0 Å². The van der Waals surface area contributed by atoms with Gasteiger partial charge >= 0.3 is 0 Å². The summed E-state index contributed by atoms with van der Waals surface area (Å²) in [5.74, 6) is 2.52. The molecule has 0 spiro atoms. The first-order valence-corrected chi connectivity index (χ1v) is 8.84. The minimum absolute atomic E-state index is 0.712. The van der Waals surface area contributed by atoms with Crippen molar-refractivity contribution in [2.75, 3.05) is 61.1 Å². The van der Waals surface area contributed by atoms with Gasteiger partial charge in [-0.05, 0) is 26.0 Å². The van der Waals surface area contributed by atoms with Crippen LogP contribution in [0.3, 0.4) is 0 Å². The molecule has 1 saturated heterocycles. The van der Waals surface area contributed by atoms with Gasteiger partial charge in [-0.15, -0.1) is 5.10 Å². The first-order valence-electron chi connectivity index (χ1n) is 8.84. The third-order valence-electron chi connectivity index (χ3n) is 4.61. The molecule has 7 nitrogen and oxygen atoms in total. The SMILES string of the molecule is CCN(CC)c1cnnc(N2CCN(c3ccccc3OC)CC2)n1. The Morgan fingerprint density at radius 2 is 1.72 bits per heavy atom. The van der Waals surface area contributed by atoms with Gasteiger partial charge in [0.25, 0.3) is 0 Å². The highest BCUT2D eigenvalue weighted by molar-refractivity contribution is 5.59. The molecule has 1 aliphatic rings. The number of methoxy groups -OCH3 is 1. The van der Waals surface area contributed by atoms with Gasteiger partial charge in [0.05, 0.1) is 19.0 Å². The second kappa shape index (κ2) is 8.00. The Kier molecular flexibility index (Phi) is 5.53. The Labute approximate surface area is 149 Å². The van der Waals surface area contributed by atoms with E-state index < -0.39 is 0 Å². The Hall–Kier alpha value is -2.57. The molecule has 1 fully saturated rings. The predicted octanol–water partition coefficient (Wildman–Crippen LogP) is 2.05. The van der Waals surface area contributed by atoms with Crippen LogP contribution < -0.4 is 19.4 Å². The molecular weight excluding hydrogens is 316 g/mol. The summed E-state index contributed by atoms with van der Waals surface area (Å²) in [6.07, 6.45) is 1.74. The van der Waals surface area contributed by atoms with Crippen molar-refractivity contribution in [2.24, 2.45) is 0 Å². The number of hydrogen-bond acceptors (Lipinski definition) is 7. The second-order valence-corrected chi connectivity index (χ2v) is 5.93. The van der Waals surface area contributed by atoms with Crippen molar-refractivity contribution in [1.82, 2.24) is 15.2 Å². The van der Waals surface area contributed by atoms with E-state index in [9.17, 15) is 0 Å². The molecule has 0 aliphatic carbocycles. The molecule has 0 atom stereocenters. The van der Waals surface area contributed by atoms with E-state index in [-0.39, 0.29) is 0 Å². The van der Waals surface area contributed by atoms with E-state index in [1.165, 1.54) is 0 Å². The Morgan fingerprint density at radius 3 is 2.40 bits per heavy atom. The summed E-state index contributed by atoms with van der Waals surface area (Å²) in [6, 6.07) is 8.15. The number of nitrogens with zero attached hydrogens (tertiary/aromatic N) is 6. The van der Waals surface area contributed by atoms with E-state index in [1.807, 2.05) is 18.2 Å². The molecule has 0 N–H and O–H groups in total. The maximum atomic E-state index is 5.48. The van der Waals surface area contributed by atoms with Gasteiger partial charge in [-0.3, -0.25) is 0 Å². The van der Waals surface area contributed by atoms with E-state index in [1.54, 1.807) is 13.3 Å². The predicted molar refractivity (Wildman–Crippen MR) is 101 cm³/mol. The highest BCUT2D eigenvalue weighted by Crippen LogP contribution is 2.28. The van der Waals surface area contributed by atoms with Gasteiger partial charge < -0.3 is 19.4 Å². The fourth-order valence-corrected chi connectivity index (χ4v) is 3.16. The fraction of sp³-hybridized carbons (Fsp3) is 0.500. The minimum atomic E-state index is 0.712. The van der Waals surface area contributed by atoms with E-state index in [0.29, 0.717) is 5.95 Å². The minimum Gasteiger partial charge on any atom is -0.495 e. The zero-order valence-electron chi connectivity index (χ0n) is 15.2. The van der Waals surface area contributed by atoms with Gasteiger partial charge in [-0.25, -0.2) is 0 Å². The largest absolute Gasteiger partial charge is 0.495 e. The van der Waals surface area contributed by atoms with Gasteiger partial charge in [0, 0.05) is 39.3 Å². The van der Waals surface area contributed by atoms with Crippen LogP contribution in [0.15, 0.2) is 30.5 Å². The van der Waals surface area contributed by atoms with Gasteiger partial charge in [0.15, 0.2) is 5.82 Å². The first kappa shape index (κ1) is 17.3. The van der Waals surface area contributed by atoms with Crippen LogP contribution in [0.1, 0.15) is 13.8 Å². The van der Waals surface area contributed by atoms with E-state index in [2.05, 4.69) is 44.8 Å². The molecule has 1 aliphatic heterocycles. The molecule has 2 aromatic rings. The lowest BCUT2D eigenvalue weighted by Gasteiger charge is -2.36. The van der Waals surface area contributed by atoms with Crippen LogP contribution in [0.4, 0.5) is 17.5 Å². The second-order valence-electron chi connectivity index (χ2n) is 5.93. The summed E-state index contributed by atoms with van der Waals surface area (Å²) in [5.41, 5.74) is 1.14. The van der Waals surface area contributed by atoms with Crippen molar-refractivity contribution in [3.05, 3.63) is 30.5 Å². The van der Waals surface area contributed by atoms with Gasteiger partial charge in [0.1, 0.15) is 5.75 Å². The standard InChI is InChI=1S/C18H26N6O/c1-4-22(5-2)17-14-19-21-18(20-17)24-12-10-23(11-13-24)15-8-6-7-9-16(15)25-3/h6-9,14H,4-5,10-13H2,1-3H3. The number of rotatable bonds is 6. The average molecular weight is 342 g/mol. The number of para-hydroxylation sites is 2. The molecule has 134 valence electrons. The Balaban J connectivity index is 1.69. The molecule has 7 heteroatoms. The summed E-state index contributed by atoms with van der Waals surface area (Å²) in [7, 11) is 1.72. The lowest BCUT2D eigenvalue weighted by molar-refractivity contribution is 0.413. The topological polar surface area (TPSA) is 57.6 Å². The lowest BCUT2D eigenvalue weighted by Crippen LogP contribution is -2.47. The van der Waals surface area contributed by atoms with Gasteiger partial charge in [0.2, 0.25) is 5.95 Å². The molecule has 3 rings (SSSR count). The van der Waals surface area contributed by atoms with Crippen molar-refractivity contribution in [1.29, 1.82) is 0 Å². The summed E-state index contributed by atoms with van der Waals surface area (Å²) < 4.78 is 5.48. The average Bonchev–Trinajstić information content (AvgIpc) is 2.69. The quantitative estimate of drug-likeness (QED) is 0.796. The Bertz CT molecular complexity index is 683. The number of aromatic nitrogens is 3. The lowest BCUT2D eigenvalue weighted by atomic mass is 10.2. The van der Waals surface area contributed by atoms with Crippen LogP contribution in [-0.2, 0) is 0 Å². The molecule has 0 unspecified atom stereocenters. The molecule has 0 radical (unpaired) electrons. The van der Waals surface area contributed by atoms with Crippen molar-refractivity contribution in [3.8, 4) is 5.75 Å². The summed E-state index contributed by atoms with van der Waals surface area (Å²) in [6.45, 7) is 9.60. The first-order chi connectivity index (χ1) is 12.3. The van der Waals surface area contributed by atoms with Gasteiger partial charge in [-0.2, -0.15) is 10.1 Å². The van der Waals surface area contributed by atoms with Crippen LogP contribution in [0.25, 0.3) is 0 Å². The monoisotopic (exact) mass is 342 g/mol. The molecular formula is C18H26N6O. The molecule has 1 aromatic heterocycles. The van der Waals surface area contributed by atoms with E-state index in [4.69, 9.17) is 9.72 Å². The van der Waals surface area contributed by atoms with Crippen molar-refractivity contribution < 1.29 is 4.74 Å². The summed E-state index contributed by atoms with van der Waals surface area (Å²) in [4.78, 5) is 11.4. The summed E-state index contributed by atoms with van der Waals surface area (Å²) in [5, 5.41) is 8.39. The molecule has 0 bridgehead atoms. The molecule has 1 aromatic carbocycles. The van der Waals surface area contributed by atoms with Gasteiger partial charge in [-0.1, -0.05) is 12.1 Å².